The van der Waals surface area contributed by atoms with E-state index < -0.39 is 28.5 Å². The first-order valence-corrected chi connectivity index (χ1v) is 12.0. The lowest BCUT2D eigenvalue weighted by Gasteiger charge is -2.20. The minimum absolute atomic E-state index is 0.152. The first-order valence-electron chi connectivity index (χ1n) is 10.6. The van der Waals surface area contributed by atoms with Crippen LogP contribution in [0.15, 0.2) is 83.8 Å². The Morgan fingerprint density at radius 3 is 2.38 bits per heavy atom. The molecule has 1 N–H and O–H groups in total. The van der Waals surface area contributed by atoms with Gasteiger partial charge in [0.05, 0.1) is 17.8 Å². The van der Waals surface area contributed by atoms with Crippen LogP contribution in [0, 0.1) is 6.92 Å². The highest BCUT2D eigenvalue weighted by atomic mass is 32.2. The lowest BCUT2D eigenvalue weighted by atomic mass is 10.2. The molecular weight excluding hydrogens is 456 g/mol. The number of amides is 1. The van der Waals surface area contributed by atoms with E-state index in [2.05, 4.69) is 5.32 Å². The molecule has 0 aliphatic carbocycles. The third-order valence-corrected chi connectivity index (χ3v) is 6.73. The summed E-state index contributed by atoms with van der Waals surface area (Å²) in [5, 5.41) is 2.59. The van der Waals surface area contributed by atoms with Crippen molar-refractivity contribution in [1.82, 2.24) is 5.32 Å². The van der Waals surface area contributed by atoms with Crippen molar-refractivity contribution < 1.29 is 27.5 Å². The van der Waals surface area contributed by atoms with Crippen molar-refractivity contribution in [1.29, 1.82) is 0 Å². The van der Waals surface area contributed by atoms with E-state index in [9.17, 15) is 18.0 Å². The average Bonchev–Trinajstić information content (AvgIpc) is 2.85. The molecule has 0 unspecified atom stereocenters. The van der Waals surface area contributed by atoms with Crippen LogP contribution in [0.4, 0.5) is 5.69 Å². The van der Waals surface area contributed by atoms with Crippen molar-refractivity contribution in [3.05, 3.63) is 90.0 Å². The zero-order valence-electron chi connectivity index (χ0n) is 18.9. The number of carbonyl (C=O) groups excluding carboxylic acids is 2. The Morgan fingerprint density at radius 2 is 1.65 bits per heavy atom. The van der Waals surface area contributed by atoms with Gasteiger partial charge in [-0.05, 0) is 48.9 Å². The predicted molar refractivity (Wildman–Crippen MR) is 128 cm³/mol. The highest BCUT2D eigenvalue weighted by molar-refractivity contribution is 7.92. The predicted octanol–water partition coefficient (Wildman–Crippen LogP) is 3.17. The van der Waals surface area contributed by atoms with Crippen molar-refractivity contribution in [2.24, 2.45) is 0 Å². The summed E-state index contributed by atoms with van der Waals surface area (Å²) in [4.78, 5) is 24.5. The SMILES string of the molecule is Cc1cccc(OCCNC(=O)COC(=O)c2ccccc2S(=O)(=O)N(C)c2ccccc2)c1. The molecule has 0 saturated carbocycles. The van der Waals surface area contributed by atoms with Crippen molar-refractivity contribution in [3.63, 3.8) is 0 Å². The van der Waals surface area contributed by atoms with Crippen LogP contribution >= 0.6 is 0 Å². The molecule has 9 heteroatoms. The molecule has 0 heterocycles. The van der Waals surface area contributed by atoms with Crippen LogP contribution in [0.5, 0.6) is 5.75 Å². The van der Waals surface area contributed by atoms with Crippen molar-refractivity contribution in [2.75, 3.05) is 31.1 Å². The summed E-state index contributed by atoms with van der Waals surface area (Å²) in [6.45, 7) is 1.87. The van der Waals surface area contributed by atoms with Crippen LogP contribution in [-0.2, 0) is 19.6 Å². The van der Waals surface area contributed by atoms with E-state index in [4.69, 9.17) is 9.47 Å². The Bertz CT molecular complexity index is 1250. The number of nitrogens with zero attached hydrogens (tertiary/aromatic N) is 1. The summed E-state index contributed by atoms with van der Waals surface area (Å²) in [6.07, 6.45) is 0. The molecule has 0 aromatic heterocycles. The van der Waals surface area contributed by atoms with Gasteiger partial charge in [0.2, 0.25) is 0 Å². The third-order valence-electron chi connectivity index (χ3n) is 4.88. The lowest BCUT2D eigenvalue weighted by Crippen LogP contribution is -2.32. The van der Waals surface area contributed by atoms with Crippen LogP contribution in [0.3, 0.4) is 0 Å². The second-order valence-corrected chi connectivity index (χ2v) is 9.33. The van der Waals surface area contributed by atoms with E-state index in [0.29, 0.717) is 11.4 Å². The van der Waals surface area contributed by atoms with Gasteiger partial charge in [-0.15, -0.1) is 0 Å². The average molecular weight is 483 g/mol. The van der Waals surface area contributed by atoms with E-state index in [1.165, 1.54) is 31.3 Å². The molecule has 178 valence electrons. The molecule has 0 spiro atoms. The maximum absolute atomic E-state index is 13.1. The smallest absolute Gasteiger partial charge is 0.340 e. The highest BCUT2D eigenvalue weighted by Crippen LogP contribution is 2.24. The number of hydrogen-bond donors (Lipinski definition) is 1. The zero-order valence-corrected chi connectivity index (χ0v) is 19.7. The second-order valence-electron chi connectivity index (χ2n) is 7.40. The number of aryl methyl sites for hydroxylation is 1. The van der Waals surface area contributed by atoms with E-state index in [1.54, 1.807) is 30.3 Å². The molecule has 1 amide bonds. The number of hydrogen-bond acceptors (Lipinski definition) is 6. The number of ether oxygens (including phenoxy) is 2. The van der Waals surface area contributed by atoms with E-state index in [0.717, 1.165) is 9.87 Å². The number of rotatable bonds is 10. The highest BCUT2D eigenvalue weighted by Gasteiger charge is 2.27. The summed E-state index contributed by atoms with van der Waals surface area (Å²) < 4.78 is 38.0. The minimum Gasteiger partial charge on any atom is -0.492 e. The molecule has 0 aliphatic rings. The fourth-order valence-corrected chi connectivity index (χ4v) is 4.48. The summed E-state index contributed by atoms with van der Waals surface area (Å²) in [5.41, 5.74) is 1.35. The second kappa shape index (κ2) is 11.3. The Balaban J connectivity index is 1.56. The van der Waals surface area contributed by atoms with E-state index in [-0.39, 0.29) is 23.6 Å². The number of nitrogens with one attached hydrogen (secondary N) is 1. The van der Waals surface area contributed by atoms with Gasteiger partial charge < -0.3 is 14.8 Å². The van der Waals surface area contributed by atoms with Gasteiger partial charge in [0.15, 0.2) is 6.61 Å². The Hall–Kier alpha value is -3.85. The molecule has 0 aliphatic heterocycles. The quantitative estimate of drug-likeness (QED) is 0.352. The Labute approximate surface area is 199 Å². The van der Waals surface area contributed by atoms with Crippen molar-refractivity contribution in [3.8, 4) is 5.75 Å². The Morgan fingerprint density at radius 1 is 0.941 bits per heavy atom. The number of esters is 1. The standard InChI is InChI=1S/C25H26N2O6S/c1-19-9-8-12-21(17-19)32-16-15-26-24(28)18-33-25(29)22-13-6-7-14-23(22)34(30,31)27(2)20-10-4-3-5-11-20/h3-14,17H,15-16,18H2,1-2H3,(H,26,28). The van der Waals surface area contributed by atoms with Crippen molar-refractivity contribution in [2.45, 2.75) is 11.8 Å². The number of para-hydroxylation sites is 1. The van der Waals surface area contributed by atoms with Gasteiger partial charge in [-0.2, -0.15) is 0 Å². The first kappa shape index (κ1) is 24.8. The van der Waals surface area contributed by atoms with Crippen LogP contribution in [-0.4, -0.2) is 47.1 Å². The van der Waals surface area contributed by atoms with Gasteiger partial charge >= 0.3 is 5.97 Å². The number of anilines is 1. The molecule has 0 atom stereocenters. The molecule has 0 saturated heterocycles. The molecule has 0 radical (unpaired) electrons. The largest absolute Gasteiger partial charge is 0.492 e. The van der Waals surface area contributed by atoms with E-state index >= 15 is 0 Å². The number of carbonyl (C=O) groups is 2. The minimum atomic E-state index is -4.04. The fraction of sp³-hybridized carbons (Fsp3) is 0.200. The van der Waals surface area contributed by atoms with Gasteiger partial charge in [0.25, 0.3) is 15.9 Å². The van der Waals surface area contributed by atoms with Gasteiger partial charge in [-0.1, -0.05) is 42.5 Å². The molecule has 8 nitrogen and oxygen atoms in total. The van der Waals surface area contributed by atoms with Gasteiger partial charge in [-0.3, -0.25) is 9.10 Å². The molecule has 34 heavy (non-hydrogen) atoms. The summed E-state index contributed by atoms with van der Waals surface area (Å²) in [5.74, 6) is -0.742. The number of sulfonamides is 1. The topological polar surface area (TPSA) is 102 Å². The summed E-state index contributed by atoms with van der Waals surface area (Å²) in [7, 11) is -2.64. The molecule has 3 aromatic rings. The van der Waals surface area contributed by atoms with Gasteiger partial charge in [0, 0.05) is 7.05 Å². The molecule has 3 aromatic carbocycles. The summed E-state index contributed by atoms with van der Waals surface area (Å²) >= 11 is 0. The molecule has 0 fully saturated rings. The Kier molecular flexibility index (Phi) is 8.26. The third kappa shape index (κ3) is 6.35. The molecule has 0 bridgehead atoms. The maximum atomic E-state index is 13.1. The van der Waals surface area contributed by atoms with Crippen LogP contribution in [0.2, 0.25) is 0 Å². The van der Waals surface area contributed by atoms with E-state index in [1.807, 2.05) is 31.2 Å². The monoisotopic (exact) mass is 482 g/mol. The fourth-order valence-electron chi connectivity index (χ4n) is 3.11. The summed E-state index contributed by atoms with van der Waals surface area (Å²) in [6, 6.07) is 21.7. The molecule has 3 rings (SSSR count). The van der Waals surface area contributed by atoms with Crippen molar-refractivity contribution >= 4 is 27.6 Å². The number of benzene rings is 3. The lowest BCUT2D eigenvalue weighted by molar-refractivity contribution is -0.124. The van der Waals surface area contributed by atoms with Gasteiger partial charge in [0.1, 0.15) is 17.3 Å². The van der Waals surface area contributed by atoms with Crippen LogP contribution < -0.4 is 14.4 Å². The molecular formula is C25H26N2O6S. The van der Waals surface area contributed by atoms with Crippen LogP contribution in [0.25, 0.3) is 0 Å². The first-order chi connectivity index (χ1) is 16.3. The zero-order chi connectivity index (χ0) is 24.6. The van der Waals surface area contributed by atoms with Crippen LogP contribution in [0.1, 0.15) is 15.9 Å². The normalized spacial score (nSPS) is 10.9. The maximum Gasteiger partial charge on any atom is 0.340 e. The van der Waals surface area contributed by atoms with Gasteiger partial charge in [-0.25, -0.2) is 13.2 Å².